The summed E-state index contributed by atoms with van der Waals surface area (Å²) in [5.74, 6) is -0.364. The normalized spacial score (nSPS) is 13.6. The van der Waals surface area contributed by atoms with Gasteiger partial charge in [-0.05, 0) is 48.4 Å². The molecule has 7 nitrogen and oxygen atoms in total. The van der Waals surface area contributed by atoms with Gasteiger partial charge < -0.3 is 10.6 Å². The SMILES string of the molecule is CS(=O)(=O)Nc1cccc(C(=O)Nc2ccc3c(c2)CCC(=O)N3)c1. The van der Waals surface area contributed by atoms with E-state index in [0.717, 1.165) is 17.5 Å². The largest absolute Gasteiger partial charge is 0.326 e. The molecule has 0 bridgehead atoms. The number of sulfonamides is 1. The quantitative estimate of drug-likeness (QED) is 0.778. The Morgan fingerprint density at radius 1 is 1.08 bits per heavy atom. The average Bonchev–Trinajstić information content (AvgIpc) is 2.53. The number of benzene rings is 2. The molecular weight excluding hydrogens is 342 g/mol. The highest BCUT2D eigenvalue weighted by molar-refractivity contribution is 7.92. The lowest BCUT2D eigenvalue weighted by molar-refractivity contribution is -0.116. The van der Waals surface area contributed by atoms with Crippen LogP contribution in [0, 0.1) is 0 Å². The molecule has 0 saturated heterocycles. The molecule has 1 aliphatic heterocycles. The van der Waals surface area contributed by atoms with E-state index in [1.807, 2.05) is 6.07 Å². The fourth-order valence-corrected chi connectivity index (χ4v) is 3.16. The molecule has 0 fully saturated rings. The molecule has 0 spiro atoms. The summed E-state index contributed by atoms with van der Waals surface area (Å²) in [5.41, 5.74) is 2.99. The van der Waals surface area contributed by atoms with Gasteiger partial charge in [0.15, 0.2) is 0 Å². The molecule has 1 heterocycles. The zero-order valence-corrected chi connectivity index (χ0v) is 14.3. The number of carbonyl (C=O) groups excluding carboxylic acids is 2. The highest BCUT2D eigenvalue weighted by Crippen LogP contribution is 2.26. The van der Waals surface area contributed by atoms with Crippen molar-refractivity contribution in [3.63, 3.8) is 0 Å². The average molecular weight is 359 g/mol. The minimum Gasteiger partial charge on any atom is -0.326 e. The molecular formula is C17H17N3O4S. The van der Waals surface area contributed by atoms with E-state index in [1.54, 1.807) is 30.3 Å². The van der Waals surface area contributed by atoms with Crippen molar-refractivity contribution in [2.45, 2.75) is 12.8 Å². The van der Waals surface area contributed by atoms with Gasteiger partial charge >= 0.3 is 0 Å². The smallest absolute Gasteiger partial charge is 0.255 e. The minimum absolute atomic E-state index is 0.0144. The number of rotatable bonds is 4. The van der Waals surface area contributed by atoms with Crippen molar-refractivity contribution in [1.29, 1.82) is 0 Å². The van der Waals surface area contributed by atoms with Crippen LogP contribution in [0.4, 0.5) is 17.1 Å². The van der Waals surface area contributed by atoms with Crippen LogP contribution in [0.1, 0.15) is 22.3 Å². The third-order valence-electron chi connectivity index (χ3n) is 3.69. The van der Waals surface area contributed by atoms with Gasteiger partial charge in [-0.1, -0.05) is 6.07 Å². The Hall–Kier alpha value is -2.87. The summed E-state index contributed by atoms with van der Waals surface area (Å²) < 4.78 is 24.9. The summed E-state index contributed by atoms with van der Waals surface area (Å²) >= 11 is 0. The number of anilines is 3. The van der Waals surface area contributed by atoms with Crippen LogP contribution in [-0.2, 0) is 21.2 Å². The van der Waals surface area contributed by atoms with E-state index in [4.69, 9.17) is 0 Å². The third-order valence-corrected chi connectivity index (χ3v) is 4.29. The lowest BCUT2D eigenvalue weighted by Gasteiger charge is -2.17. The van der Waals surface area contributed by atoms with E-state index in [9.17, 15) is 18.0 Å². The van der Waals surface area contributed by atoms with Gasteiger partial charge in [-0.25, -0.2) is 8.42 Å². The van der Waals surface area contributed by atoms with Crippen LogP contribution < -0.4 is 15.4 Å². The molecule has 0 unspecified atom stereocenters. The van der Waals surface area contributed by atoms with Crippen molar-refractivity contribution >= 4 is 38.9 Å². The maximum atomic E-state index is 12.4. The van der Waals surface area contributed by atoms with Crippen LogP contribution in [0.5, 0.6) is 0 Å². The molecule has 2 aromatic rings. The molecule has 8 heteroatoms. The second kappa shape index (κ2) is 6.56. The Bertz CT molecular complexity index is 954. The minimum atomic E-state index is -3.41. The number of amides is 2. The molecule has 3 rings (SSSR count). The summed E-state index contributed by atoms with van der Waals surface area (Å²) in [6.45, 7) is 0. The fraction of sp³-hybridized carbons (Fsp3) is 0.176. The Labute approximate surface area is 145 Å². The standard InChI is InChI=1S/C17H17N3O4S/c1-25(23,24)20-14-4-2-3-12(10-14)17(22)18-13-6-7-15-11(9-13)5-8-16(21)19-15/h2-4,6-7,9-10,20H,5,8H2,1H3,(H,18,22)(H,19,21). The predicted octanol–water partition coefficient (Wildman–Crippen LogP) is 2.20. The van der Waals surface area contributed by atoms with Crippen molar-refractivity contribution in [2.24, 2.45) is 0 Å². The molecule has 25 heavy (non-hydrogen) atoms. The molecule has 0 saturated carbocycles. The van der Waals surface area contributed by atoms with Crippen molar-refractivity contribution in [3.8, 4) is 0 Å². The second-order valence-electron chi connectivity index (χ2n) is 5.83. The number of aryl methyl sites for hydroxylation is 1. The van der Waals surface area contributed by atoms with E-state index in [1.165, 1.54) is 6.07 Å². The van der Waals surface area contributed by atoms with E-state index in [0.29, 0.717) is 29.8 Å². The first-order valence-electron chi connectivity index (χ1n) is 7.62. The molecule has 0 atom stereocenters. The molecule has 2 amide bonds. The van der Waals surface area contributed by atoms with Crippen molar-refractivity contribution in [2.75, 3.05) is 21.6 Å². The summed E-state index contributed by atoms with van der Waals surface area (Å²) in [4.78, 5) is 23.8. The Morgan fingerprint density at radius 3 is 2.64 bits per heavy atom. The fourth-order valence-electron chi connectivity index (χ4n) is 2.60. The summed E-state index contributed by atoms with van der Waals surface area (Å²) in [6.07, 6.45) is 2.09. The Morgan fingerprint density at radius 2 is 1.88 bits per heavy atom. The second-order valence-corrected chi connectivity index (χ2v) is 7.58. The van der Waals surface area contributed by atoms with Crippen LogP contribution in [0.3, 0.4) is 0 Å². The maximum absolute atomic E-state index is 12.4. The van der Waals surface area contributed by atoms with Crippen molar-refractivity contribution in [1.82, 2.24) is 0 Å². The van der Waals surface area contributed by atoms with Gasteiger partial charge in [0.1, 0.15) is 0 Å². The van der Waals surface area contributed by atoms with E-state index in [-0.39, 0.29) is 11.8 Å². The van der Waals surface area contributed by atoms with Crippen LogP contribution in [0.15, 0.2) is 42.5 Å². The molecule has 1 aliphatic rings. The summed E-state index contributed by atoms with van der Waals surface area (Å²) in [7, 11) is -3.41. The van der Waals surface area contributed by atoms with Gasteiger partial charge in [-0.15, -0.1) is 0 Å². The predicted molar refractivity (Wildman–Crippen MR) is 96.3 cm³/mol. The van der Waals surface area contributed by atoms with E-state index in [2.05, 4.69) is 15.4 Å². The molecule has 2 aromatic carbocycles. The monoisotopic (exact) mass is 359 g/mol. The first-order valence-corrected chi connectivity index (χ1v) is 9.51. The van der Waals surface area contributed by atoms with Gasteiger partial charge in [-0.2, -0.15) is 0 Å². The Kier molecular flexibility index (Phi) is 4.45. The highest BCUT2D eigenvalue weighted by atomic mass is 32.2. The van der Waals surface area contributed by atoms with Gasteiger partial charge in [0, 0.05) is 29.0 Å². The van der Waals surface area contributed by atoms with Gasteiger partial charge in [0.2, 0.25) is 15.9 Å². The molecule has 3 N–H and O–H groups in total. The van der Waals surface area contributed by atoms with Crippen LogP contribution in [0.2, 0.25) is 0 Å². The van der Waals surface area contributed by atoms with Crippen molar-refractivity contribution < 1.29 is 18.0 Å². The first-order chi connectivity index (χ1) is 11.8. The van der Waals surface area contributed by atoms with Crippen LogP contribution in [0.25, 0.3) is 0 Å². The lowest BCUT2D eigenvalue weighted by atomic mass is 10.0. The summed E-state index contributed by atoms with van der Waals surface area (Å²) in [6, 6.07) is 11.5. The number of carbonyl (C=O) groups is 2. The first kappa shape index (κ1) is 17.0. The molecule has 0 radical (unpaired) electrons. The van der Waals surface area contributed by atoms with E-state index < -0.39 is 10.0 Å². The zero-order chi connectivity index (χ0) is 18.0. The van der Waals surface area contributed by atoms with Crippen LogP contribution >= 0.6 is 0 Å². The molecule has 0 aromatic heterocycles. The molecule has 130 valence electrons. The number of hydrogen-bond acceptors (Lipinski definition) is 4. The number of hydrogen-bond donors (Lipinski definition) is 3. The van der Waals surface area contributed by atoms with Gasteiger partial charge in [0.05, 0.1) is 6.26 Å². The number of nitrogens with one attached hydrogen (secondary N) is 3. The highest BCUT2D eigenvalue weighted by Gasteiger charge is 2.15. The Balaban J connectivity index is 1.76. The number of fused-ring (bicyclic) bond motifs is 1. The third kappa shape index (κ3) is 4.36. The zero-order valence-electron chi connectivity index (χ0n) is 13.5. The van der Waals surface area contributed by atoms with Gasteiger partial charge in [0.25, 0.3) is 5.91 Å². The topological polar surface area (TPSA) is 104 Å². The van der Waals surface area contributed by atoms with E-state index >= 15 is 0 Å². The summed E-state index contributed by atoms with van der Waals surface area (Å²) in [5, 5.41) is 5.57. The van der Waals surface area contributed by atoms with Crippen molar-refractivity contribution in [3.05, 3.63) is 53.6 Å². The lowest BCUT2D eigenvalue weighted by Crippen LogP contribution is -2.19. The van der Waals surface area contributed by atoms with Crippen LogP contribution in [-0.4, -0.2) is 26.5 Å². The maximum Gasteiger partial charge on any atom is 0.255 e. The van der Waals surface area contributed by atoms with Gasteiger partial charge in [-0.3, -0.25) is 14.3 Å². The molecule has 0 aliphatic carbocycles.